The van der Waals surface area contributed by atoms with Crippen molar-refractivity contribution in [3.8, 4) is 0 Å². The summed E-state index contributed by atoms with van der Waals surface area (Å²) in [5, 5.41) is 5.29. The Bertz CT molecular complexity index is 547. The molecule has 0 bridgehead atoms. The summed E-state index contributed by atoms with van der Waals surface area (Å²) in [5.41, 5.74) is 0.632. The van der Waals surface area contributed by atoms with Gasteiger partial charge in [0.25, 0.3) is 5.91 Å². The molecule has 1 atom stereocenters. The van der Waals surface area contributed by atoms with E-state index in [-0.39, 0.29) is 11.9 Å². The topological polar surface area (TPSA) is 42.0 Å². The number of carbonyl (C=O) groups excluding carboxylic acids is 1. The Morgan fingerprint density at radius 3 is 2.80 bits per heavy atom. The van der Waals surface area contributed by atoms with Crippen LogP contribution in [-0.4, -0.2) is 10.9 Å². The van der Waals surface area contributed by atoms with Crippen LogP contribution in [0.25, 0.3) is 0 Å². The highest BCUT2D eigenvalue weighted by atomic mass is 32.1. The quantitative estimate of drug-likeness (QED) is 0.928. The molecule has 1 saturated carbocycles. The van der Waals surface area contributed by atoms with Gasteiger partial charge in [0.1, 0.15) is 0 Å². The lowest BCUT2D eigenvalue weighted by Gasteiger charge is -2.23. The fraction of sp³-hybridized carbons (Fsp3) is 0.375. The summed E-state index contributed by atoms with van der Waals surface area (Å²) in [6.07, 6.45) is 8.26. The van der Waals surface area contributed by atoms with Gasteiger partial charge in [-0.15, -0.1) is 11.3 Å². The van der Waals surface area contributed by atoms with E-state index in [2.05, 4.69) is 27.8 Å². The van der Waals surface area contributed by atoms with Crippen LogP contribution in [0.2, 0.25) is 0 Å². The summed E-state index contributed by atoms with van der Waals surface area (Å²) in [4.78, 5) is 17.6. The van der Waals surface area contributed by atoms with Gasteiger partial charge in [0.05, 0.1) is 11.6 Å². The summed E-state index contributed by atoms with van der Waals surface area (Å²) < 4.78 is 0. The molecule has 2 aromatic rings. The van der Waals surface area contributed by atoms with E-state index in [0.717, 1.165) is 0 Å². The first kappa shape index (κ1) is 13.3. The van der Waals surface area contributed by atoms with Crippen LogP contribution in [0.1, 0.15) is 47.0 Å². The van der Waals surface area contributed by atoms with Crippen LogP contribution in [0.3, 0.4) is 0 Å². The Balaban J connectivity index is 1.78. The molecule has 104 valence electrons. The second-order valence-corrected chi connectivity index (χ2v) is 6.23. The van der Waals surface area contributed by atoms with Gasteiger partial charge in [-0.3, -0.25) is 9.78 Å². The number of hydrogen-bond donors (Lipinski definition) is 1. The highest BCUT2D eigenvalue weighted by Gasteiger charge is 2.28. The van der Waals surface area contributed by atoms with Crippen LogP contribution in [0.15, 0.2) is 42.0 Å². The first-order valence-electron chi connectivity index (χ1n) is 7.09. The number of nitrogens with zero attached hydrogens (tertiary/aromatic N) is 1. The van der Waals surface area contributed by atoms with Crippen molar-refractivity contribution in [2.24, 2.45) is 5.92 Å². The lowest BCUT2D eigenvalue weighted by atomic mass is 9.96. The number of amides is 1. The minimum atomic E-state index is -0.0246. The Kier molecular flexibility index (Phi) is 4.11. The average Bonchev–Trinajstić information content (AvgIpc) is 3.19. The Labute approximate surface area is 123 Å². The van der Waals surface area contributed by atoms with Crippen LogP contribution in [0.5, 0.6) is 0 Å². The third kappa shape index (κ3) is 2.90. The number of hydrogen-bond acceptors (Lipinski definition) is 3. The molecule has 0 saturated heterocycles. The molecule has 1 fully saturated rings. The lowest BCUT2D eigenvalue weighted by Crippen LogP contribution is -2.32. The Hall–Kier alpha value is -1.68. The third-order valence-electron chi connectivity index (χ3n) is 3.93. The average molecular weight is 286 g/mol. The molecule has 1 N–H and O–H groups in total. The van der Waals surface area contributed by atoms with Gasteiger partial charge in [-0.05, 0) is 42.3 Å². The zero-order valence-corrected chi connectivity index (χ0v) is 12.1. The van der Waals surface area contributed by atoms with E-state index in [1.807, 2.05) is 6.07 Å². The lowest BCUT2D eigenvalue weighted by molar-refractivity contribution is 0.0922. The maximum Gasteiger partial charge on any atom is 0.253 e. The number of rotatable bonds is 4. The fourth-order valence-corrected chi connectivity index (χ4v) is 3.77. The molecule has 1 aliphatic rings. The second-order valence-electron chi connectivity index (χ2n) is 5.25. The van der Waals surface area contributed by atoms with E-state index in [0.29, 0.717) is 11.5 Å². The monoisotopic (exact) mass is 286 g/mol. The molecular weight excluding hydrogens is 268 g/mol. The highest BCUT2D eigenvalue weighted by molar-refractivity contribution is 7.10. The van der Waals surface area contributed by atoms with Crippen LogP contribution >= 0.6 is 11.3 Å². The molecule has 2 heterocycles. The SMILES string of the molecule is O=C(N[C@@H](c1cccs1)C1CCCC1)c1cccnc1. The first-order valence-corrected chi connectivity index (χ1v) is 7.97. The summed E-state index contributed by atoms with van der Waals surface area (Å²) in [6.45, 7) is 0. The van der Waals surface area contributed by atoms with E-state index in [4.69, 9.17) is 0 Å². The normalized spacial score (nSPS) is 17.0. The van der Waals surface area contributed by atoms with Crippen LogP contribution in [0.4, 0.5) is 0 Å². The minimum absolute atomic E-state index is 0.0246. The zero-order chi connectivity index (χ0) is 13.8. The number of aromatic nitrogens is 1. The smallest absolute Gasteiger partial charge is 0.253 e. The predicted molar refractivity (Wildman–Crippen MR) is 80.7 cm³/mol. The molecule has 0 radical (unpaired) electrons. The molecule has 4 heteroatoms. The van der Waals surface area contributed by atoms with Gasteiger partial charge in [0, 0.05) is 17.3 Å². The highest BCUT2D eigenvalue weighted by Crippen LogP contribution is 2.37. The Morgan fingerprint density at radius 1 is 1.30 bits per heavy atom. The largest absolute Gasteiger partial charge is 0.344 e. The summed E-state index contributed by atoms with van der Waals surface area (Å²) in [6, 6.07) is 7.92. The van der Waals surface area contributed by atoms with Crippen molar-refractivity contribution < 1.29 is 4.79 Å². The summed E-state index contributed by atoms with van der Waals surface area (Å²) in [5.74, 6) is 0.540. The summed E-state index contributed by atoms with van der Waals surface area (Å²) >= 11 is 1.72. The van der Waals surface area contributed by atoms with E-state index in [1.165, 1.54) is 30.6 Å². The van der Waals surface area contributed by atoms with Crippen LogP contribution in [0, 0.1) is 5.92 Å². The van der Waals surface area contributed by atoms with E-state index in [1.54, 1.807) is 29.8 Å². The minimum Gasteiger partial charge on any atom is -0.344 e. The molecule has 0 aromatic carbocycles. The molecular formula is C16H18N2OS. The van der Waals surface area contributed by atoms with Gasteiger partial charge < -0.3 is 5.32 Å². The molecule has 3 nitrogen and oxygen atoms in total. The number of thiophene rings is 1. The zero-order valence-electron chi connectivity index (χ0n) is 11.3. The third-order valence-corrected chi connectivity index (χ3v) is 4.89. The van der Waals surface area contributed by atoms with Gasteiger partial charge in [-0.25, -0.2) is 0 Å². The van der Waals surface area contributed by atoms with Crippen molar-refractivity contribution in [2.45, 2.75) is 31.7 Å². The van der Waals surface area contributed by atoms with Gasteiger partial charge >= 0.3 is 0 Å². The molecule has 2 aromatic heterocycles. The Morgan fingerprint density at radius 2 is 2.15 bits per heavy atom. The van der Waals surface area contributed by atoms with Crippen molar-refractivity contribution in [2.75, 3.05) is 0 Å². The van der Waals surface area contributed by atoms with E-state index in [9.17, 15) is 4.79 Å². The molecule has 0 aliphatic heterocycles. The van der Waals surface area contributed by atoms with Crippen molar-refractivity contribution in [3.05, 3.63) is 52.5 Å². The summed E-state index contributed by atoms with van der Waals surface area (Å²) in [7, 11) is 0. The van der Waals surface area contributed by atoms with E-state index >= 15 is 0 Å². The van der Waals surface area contributed by atoms with Gasteiger partial charge in [0.2, 0.25) is 0 Å². The fourth-order valence-electron chi connectivity index (χ4n) is 2.90. The van der Waals surface area contributed by atoms with Crippen molar-refractivity contribution in [3.63, 3.8) is 0 Å². The van der Waals surface area contributed by atoms with Crippen molar-refractivity contribution in [1.82, 2.24) is 10.3 Å². The van der Waals surface area contributed by atoms with Crippen molar-refractivity contribution >= 4 is 17.2 Å². The van der Waals surface area contributed by atoms with Crippen LogP contribution in [-0.2, 0) is 0 Å². The number of pyridine rings is 1. The standard InChI is InChI=1S/C16H18N2OS/c19-16(13-7-3-9-17-11-13)18-15(12-5-1-2-6-12)14-8-4-10-20-14/h3-4,7-12,15H,1-2,5-6H2,(H,18,19)/t15-/m1/s1. The molecule has 1 amide bonds. The molecule has 3 rings (SSSR count). The van der Waals surface area contributed by atoms with Gasteiger partial charge in [-0.1, -0.05) is 18.9 Å². The number of carbonyl (C=O) groups is 1. The first-order chi connectivity index (χ1) is 9.84. The second kappa shape index (κ2) is 6.18. The molecule has 1 aliphatic carbocycles. The molecule has 0 spiro atoms. The maximum absolute atomic E-state index is 12.4. The van der Waals surface area contributed by atoms with Crippen molar-refractivity contribution in [1.29, 1.82) is 0 Å². The predicted octanol–water partition coefficient (Wildman–Crippen LogP) is 3.80. The van der Waals surface area contributed by atoms with E-state index < -0.39 is 0 Å². The number of nitrogens with one attached hydrogen (secondary N) is 1. The molecule has 0 unspecified atom stereocenters. The molecule has 20 heavy (non-hydrogen) atoms. The van der Waals surface area contributed by atoms with Gasteiger partial charge in [-0.2, -0.15) is 0 Å². The maximum atomic E-state index is 12.4. The van der Waals surface area contributed by atoms with Gasteiger partial charge in [0.15, 0.2) is 0 Å². The van der Waals surface area contributed by atoms with Crippen LogP contribution < -0.4 is 5.32 Å².